The Bertz CT molecular complexity index is 669. The van der Waals surface area contributed by atoms with Crippen molar-refractivity contribution in [3.63, 3.8) is 0 Å². The number of hydrogen-bond donors (Lipinski definition) is 2. The summed E-state index contributed by atoms with van der Waals surface area (Å²) in [5.74, 6) is -0.746. The molecule has 0 spiro atoms. The molecule has 118 valence electrons. The standard InChI is InChI=1S/C17H21ClN2O2/c1-3-17(4-2,16(21)22)11-19-10-12-7-8-14(18)13-6-5-9-20-15(12)13/h5-9,19H,3-4,10-11H2,1-2H3,(H,21,22). The Morgan fingerprint density at radius 2 is 2.05 bits per heavy atom. The fraction of sp³-hybridized carbons (Fsp3) is 0.412. The number of carbonyl (C=O) groups is 1. The maximum Gasteiger partial charge on any atom is 0.310 e. The van der Waals surface area contributed by atoms with Gasteiger partial charge in [-0.15, -0.1) is 0 Å². The largest absolute Gasteiger partial charge is 0.481 e. The van der Waals surface area contributed by atoms with E-state index in [0.29, 0.717) is 31.0 Å². The Kier molecular flexibility index (Phi) is 5.37. The van der Waals surface area contributed by atoms with E-state index in [4.69, 9.17) is 11.6 Å². The van der Waals surface area contributed by atoms with E-state index in [-0.39, 0.29) is 0 Å². The second-order valence-corrected chi connectivity index (χ2v) is 5.91. The Morgan fingerprint density at radius 3 is 2.68 bits per heavy atom. The molecule has 4 nitrogen and oxygen atoms in total. The molecule has 1 aromatic heterocycles. The quantitative estimate of drug-likeness (QED) is 0.813. The third-order valence-electron chi connectivity index (χ3n) is 4.39. The number of rotatable bonds is 7. The molecule has 0 unspecified atom stereocenters. The highest BCUT2D eigenvalue weighted by molar-refractivity contribution is 6.35. The molecule has 0 aliphatic carbocycles. The van der Waals surface area contributed by atoms with Gasteiger partial charge in [-0.05, 0) is 36.6 Å². The minimum absolute atomic E-state index is 0.437. The van der Waals surface area contributed by atoms with Gasteiger partial charge in [-0.3, -0.25) is 9.78 Å². The van der Waals surface area contributed by atoms with Crippen molar-refractivity contribution in [1.29, 1.82) is 0 Å². The number of hydrogen-bond acceptors (Lipinski definition) is 3. The van der Waals surface area contributed by atoms with Crippen LogP contribution in [0.3, 0.4) is 0 Å². The van der Waals surface area contributed by atoms with Crippen LogP contribution in [0.1, 0.15) is 32.3 Å². The van der Waals surface area contributed by atoms with E-state index < -0.39 is 11.4 Å². The van der Waals surface area contributed by atoms with Crippen LogP contribution in [0.4, 0.5) is 0 Å². The second-order valence-electron chi connectivity index (χ2n) is 5.50. The van der Waals surface area contributed by atoms with Gasteiger partial charge < -0.3 is 10.4 Å². The third-order valence-corrected chi connectivity index (χ3v) is 4.72. The molecular formula is C17H21ClN2O2. The van der Waals surface area contributed by atoms with Crippen LogP contribution in [0.5, 0.6) is 0 Å². The Balaban J connectivity index is 2.16. The summed E-state index contributed by atoms with van der Waals surface area (Å²) < 4.78 is 0. The Labute approximate surface area is 135 Å². The van der Waals surface area contributed by atoms with Crippen molar-refractivity contribution in [3.05, 3.63) is 41.0 Å². The molecular weight excluding hydrogens is 300 g/mol. The average molecular weight is 321 g/mol. The number of pyridine rings is 1. The smallest absolute Gasteiger partial charge is 0.310 e. The van der Waals surface area contributed by atoms with E-state index in [1.807, 2.05) is 38.1 Å². The van der Waals surface area contributed by atoms with Gasteiger partial charge in [0.2, 0.25) is 0 Å². The molecule has 2 aromatic rings. The predicted octanol–water partition coefficient (Wildman–Crippen LogP) is 3.87. The lowest BCUT2D eigenvalue weighted by molar-refractivity contribution is -0.149. The molecule has 1 aromatic carbocycles. The summed E-state index contributed by atoms with van der Waals surface area (Å²) in [6.45, 7) is 4.84. The molecule has 0 saturated heterocycles. The van der Waals surface area contributed by atoms with Crippen molar-refractivity contribution >= 4 is 28.5 Å². The first kappa shape index (κ1) is 16.7. The molecule has 0 saturated carbocycles. The molecule has 5 heteroatoms. The van der Waals surface area contributed by atoms with Crippen molar-refractivity contribution in [1.82, 2.24) is 10.3 Å². The normalized spacial score (nSPS) is 11.8. The molecule has 0 atom stereocenters. The lowest BCUT2D eigenvalue weighted by Crippen LogP contribution is -2.40. The number of aromatic nitrogens is 1. The fourth-order valence-electron chi connectivity index (χ4n) is 2.65. The van der Waals surface area contributed by atoms with E-state index in [0.717, 1.165) is 16.5 Å². The summed E-state index contributed by atoms with van der Waals surface area (Å²) in [5, 5.41) is 14.3. The number of nitrogens with zero attached hydrogens (tertiary/aromatic N) is 1. The van der Waals surface area contributed by atoms with Gasteiger partial charge >= 0.3 is 5.97 Å². The predicted molar refractivity (Wildman–Crippen MR) is 89.1 cm³/mol. The summed E-state index contributed by atoms with van der Waals surface area (Å²) in [5.41, 5.74) is 1.17. The number of nitrogens with one attached hydrogen (secondary N) is 1. The van der Waals surface area contributed by atoms with Crippen LogP contribution in [0, 0.1) is 5.41 Å². The van der Waals surface area contributed by atoms with Crippen molar-refractivity contribution in [2.75, 3.05) is 6.54 Å². The summed E-state index contributed by atoms with van der Waals surface area (Å²) >= 11 is 6.18. The topological polar surface area (TPSA) is 62.2 Å². The van der Waals surface area contributed by atoms with Crippen LogP contribution in [0.2, 0.25) is 5.02 Å². The monoisotopic (exact) mass is 320 g/mol. The van der Waals surface area contributed by atoms with Gasteiger partial charge in [0, 0.05) is 29.7 Å². The summed E-state index contributed by atoms with van der Waals surface area (Å²) in [6.07, 6.45) is 2.94. The van der Waals surface area contributed by atoms with Crippen molar-refractivity contribution in [2.45, 2.75) is 33.2 Å². The highest BCUT2D eigenvalue weighted by Crippen LogP contribution is 2.27. The molecule has 2 rings (SSSR count). The molecule has 0 radical (unpaired) electrons. The van der Waals surface area contributed by atoms with Crippen molar-refractivity contribution < 1.29 is 9.90 Å². The van der Waals surface area contributed by atoms with Gasteiger partial charge in [-0.25, -0.2) is 0 Å². The zero-order valence-corrected chi connectivity index (χ0v) is 13.7. The van der Waals surface area contributed by atoms with Crippen LogP contribution in [-0.2, 0) is 11.3 Å². The molecule has 0 amide bonds. The van der Waals surface area contributed by atoms with Crippen LogP contribution >= 0.6 is 11.6 Å². The molecule has 0 aliphatic rings. The van der Waals surface area contributed by atoms with Gasteiger partial charge in [0.25, 0.3) is 0 Å². The van der Waals surface area contributed by atoms with E-state index in [9.17, 15) is 9.90 Å². The van der Waals surface area contributed by atoms with Gasteiger partial charge in [-0.1, -0.05) is 31.5 Å². The molecule has 1 heterocycles. The first-order valence-electron chi connectivity index (χ1n) is 7.50. The Morgan fingerprint density at radius 1 is 1.32 bits per heavy atom. The molecule has 0 aliphatic heterocycles. The molecule has 0 bridgehead atoms. The number of fused-ring (bicyclic) bond motifs is 1. The SMILES string of the molecule is CCC(CC)(CNCc1ccc(Cl)c2cccnc12)C(=O)O. The minimum atomic E-state index is -0.746. The number of benzene rings is 1. The molecule has 2 N–H and O–H groups in total. The van der Waals surface area contributed by atoms with Gasteiger partial charge in [0.1, 0.15) is 0 Å². The first-order valence-corrected chi connectivity index (χ1v) is 7.88. The van der Waals surface area contributed by atoms with E-state index in [2.05, 4.69) is 10.3 Å². The van der Waals surface area contributed by atoms with E-state index in [1.54, 1.807) is 6.20 Å². The van der Waals surface area contributed by atoms with Crippen LogP contribution in [0.15, 0.2) is 30.5 Å². The van der Waals surface area contributed by atoms with E-state index in [1.165, 1.54) is 0 Å². The first-order chi connectivity index (χ1) is 10.5. The second kappa shape index (κ2) is 7.07. The van der Waals surface area contributed by atoms with E-state index >= 15 is 0 Å². The van der Waals surface area contributed by atoms with Crippen molar-refractivity contribution in [3.8, 4) is 0 Å². The summed E-state index contributed by atoms with van der Waals surface area (Å²) in [7, 11) is 0. The fourth-order valence-corrected chi connectivity index (χ4v) is 2.87. The van der Waals surface area contributed by atoms with Gasteiger partial charge in [0.15, 0.2) is 0 Å². The van der Waals surface area contributed by atoms with Gasteiger partial charge in [0.05, 0.1) is 10.9 Å². The maximum absolute atomic E-state index is 11.5. The van der Waals surface area contributed by atoms with Crippen LogP contribution in [-0.4, -0.2) is 22.6 Å². The summed E-state index contributed by atoms with van der Waals surface area (Å²) in [6, 6.07) is 7.58. The molecule has 0 fully saturated rings. The van der Waals surface area contributed by atoms with Gasteiger partial charge in [-0.2, -0.15) is 0 Å². The summed E-state index contributed by atoms with van der Waals surface area (Å²) in [4.78, 5) is 15.9. The lowest BCUT2D eigenvalue weighted by atomic mass is 9.82. The van der Waals surface area contributed by atoms with Crippen LogP contribution in [0.25, 0.3) is 10.9 Å². The zero-order valence-electron chi connectivity index (χ0n) is 12.9. The molecule has 22 heavy (non-hydrogen) atoms. The van der Waals surface area contributed by atoms with Crippen molar-refractivity contribution in [2.24, 2.45) is 5.41 Å². The zero-order chi connectivity index (χ0) is 16.2. The number of carboxylic acid groups (broad SMARTS) is 1. The van der Waals surface area contributed by atoms with Crippen LogP contribution < -0.4 is 5.32 Å². The minimum Gasteiger partial charge on any atom is -0.481 e. The maximum atomic E-state index is 11.5. The number of halogens is 1. The highest BCUT2D eigenvalue weighted by atomic mass is 35.5. The Hall–Kier alpha value is -1.65. The number of aliphatic carboxylic acids is 1. The average Bonchev–Trinajstić information content (AvgIpc) is 2.54. The lowest BCUT2D eigenvalue weighted by Gasteiger charge is -2.27. The number of carboxylic acids is 1. The third kappa shape index (κ3) is 3.23. The highest BCUT2D eigenvalue weighted by Gasteiger charge is 2.34.